The van der Waals surface area contributed by atoms with Crippen LogP contribution in [-0.4, -0.2) is 67.8 Å². The normalized spacial score (nSPS) is 17.9. The van der Waals surface area contributed by atoms with E-state index in [0.29, 0.717) is 25.2 Å². The fourth-order valence-corrected chi connectivity index (χ4v) is 2.63. The van der Waals surface area contributed by atoms with Gasteiger partial charge in [-0.1, -0.05) is 0 Å². The summed E-state index contributed by atoms with van der Waals surface area (Å²) in [5.74, 6) is 5.97. The first-order valence-electron chi connectivity index (χ1n) is 6.80. The molecule has 1 amide bonds. The van der Waals surface area contributed by atoms with Crippen molar-refractivity contribution in [2.24, 2.45) is 5.84 Å². The van der Waals surface area contributed by atoms with E-state index in [1.165, 1.54) is 23.3 Å². The summed E-state index contributed by atoms with van der Waals surface area (Å²) in [6, 6.07) is -0.306. The lowest BCUT2D eigenvalue weighted by molar-refractivity contribution is -0.129. The van der Waals surface area contributed by atoms with Crippen molar-refractivity contribution in [1.29, 1.82) is 5.41 Å². The molecule has 4 N–H and O–H groups in total. The maximum absolute atomic E-state index is 11.9. The zero-order valence-electron chi connectivity index (χ0n) is 13.3. The number of sulfonamides is 1. The Kier molecular flexibility index (Phi) is 6.06. The molecule has 0 spiro atoms. The van der Waals surface area contributed by atoms with Gasteiger partial charge in [0, 0.05) is 33.3 Å². The molecule has 1 atom stereocenters. The summed E-state index contributed by atoms with van der Waals surface area (Å²) >= 11 is 0. The number of amides is 1. The predicted octanol–water partition coefficient (Wildman–Crippen LogP) is -0.940. The molecule has 1 aliphatic rings. The summed E-state index contributed by atoms with van der Waals surface area (Å²) in [6.45, 7) is 2.04. The maximum atomic E-state index is 11.9. The van der Waals surface area contributed by atoms with Gasteiger partial charge < -0.3 is 10.3 Å². The van der Waals surface area contributed by atoms with Crippen molar-refractivity contribution < 1.29 is 13.2 Å². The van der Waals surface area contributed by atoms with E-state index < -0.39 is 10.0 Å². The highest BCUT2D eigenvalue weighted by Crippen LogP contribution is 2.25. The molecule has 0 aromatic rings. The molecule has 9 nitrogen and oxygen atoms in total. The molecule has 0 radical (unpaired) electrons. The molecule has 0 saturated heterocycles. The fourth-order valence-electron chi connectivity index (χ4n) is 2.06. The molecule has 0 bridgehead atoms. The highest BCUT2D eigenvalue weighted by Gasteiger charge is 2.29. The number of hydrazine groups is 2. The molecule has 1 rings (SSSR count). The standard InChI is InChI=1S/C12H24N6O3S/c1-9(7-13)18(14)15-8-10-5-6-11(19)16(2)12(10)17(3)22(4,20)21/h7,9,13,15H,5-6,8,14H2,1-4H3. The Morgan fingerprint density at radius 1 is 1.50 bits per heavy atom. The van der Waals surface area contributed by atoms with Crippen LogP contribution in [0.3, 0.4) is 0 Å². The van der Waals surface area contributed by atoms with Crippen LogP contribution in [0.25, 0.3) is 0 Å². The highest BCUT2D eigenvalue weighted by atomic mass is 32.2. The van der Waals surface area contributed by atoms with Gasteiger partial charge in [-0.25, -0.2) is 13.8 Å². The Labute approximate surface area is 131 Å². The van der Waals surface area contributed by atoms with Gasteiger partial charge in [-0.2, -0.15) is 5.12 Å². The van der Waals surface area contributed by atoms with Crippen molar-refractivity contribution in [3.05, 3.63) is 11.4 Å². The van der Waals surface area contributed by atoms with E-state index in [1.54, 1.807) is 14.0 Å². The summed E-state index contributed by atoms with van der Waals surface area (Å²) in [5.41, 5.74) is 3.68. The number of rotatable bonds is 7. The third-order valence-corrected chi connectivity index (χ3v) is 4.77. The van der Waals surface area contributed by atoms with Crippen LogP contribution in [0.1, 0.15) is 19.8 Å². The molecule has 0 aliphatic carbocycles. The smallest absolute Gasteiger partial charge is 0.233 e. The maximum Gasteiger partial charge on any atom is 0.233 e. The van der Waals surface area contributed by atoms with Crippen molar-refractivity contribution in [1.82, 2.24) is 19.7 Å². The van der Waals surface area contributed by atoms with Crippen LogP contribution in [0.5, 0.6) is 0 Å². The first kappa shape index (κ1) is 18.6. The van der Waals surface area contributed by atoms with E-state index in [-0.39, 0.29) is 11.9 Å². The number of hydrogen-bond acceptors (Lipinski definition) is 7. The van der Waals surface area contributed by atoms with Crippen LogP contribution in [0.2, 0.25) is 0 Å². The summed E-state index contributed by atoms with van der Waals surface area (Å²) < 4.78 is 24.7. The van der Waals surface area contributed by atoms with Gasteiger partial charge in [-0.15, -0.1) is 0 Å². The number of nitrogens with one attached hydrogen (secondary N) is 2. The Morgan fingerprint density at radius 3 is 2.59 bits per heavy atom. The van der Waals surface area contributed by atoms with E-state index in [2.05, 4.69) is 5.43 Å². The SMILES string of the molecule is CC(C=N)N(N)NCC1=C(N(C)S(C)(=O)=O)N(C)C(=O)CC1. The quantitative estimate of drug-likeness (QED) is 0.314. The summed E-state index contributed by atoms with van der Waals surface area (Å²) in [4.78, 5) is 13.2. The zero-order valence-corrected chi connectivity index (χ0v) is 14.1. The third-order valence-electron chi connectivity index (χ3n) is 3.60. The Hall–Kier alpha value is -1.49. The lowest BCUT2D eigenvalue weighted by atomic mass is 10.1. The van der Waals surface area contributed by atoms with Crippen molar-refractivity contribution >= 4 is 22.1 Å². The van der Waals surface area contributed by atoms with Gasteiger partial charge in [-0.05, 0) is 18.9 Å². The largest absolute Gasteiger partial charge is 0.311 e. The lowest BCUT2D eigenvalue weighted by Gasteiger charge is -2.34. The molecule has 1 unspecified atom stereocenters. The molecule has 126 valence electrons. The van der Waals surface area contributed by atoms with E-state index in [9.17, 15) is 13.2 Å². The highest BCUT2D eigenvalue weighted by molar-refractivity contribution is 7.88. The van der Waals surface area contributed by atoms with Crippen molar-refractivity contribution in [3.63, 3.8) is 0 Å². The Bertz CT molecular complexity index is 573. The van der Waals surface area contributed by atoms with Gasteiger partial charge in [0.05, 0.1) is 12.3 Å². The summed E-state index contributed by atoms with van der Waals surface area (Å²) in [6.07, 6.45) is 3.04. The second-order valence-corrected chi connectivity index (χ2v) is 7.27. The minimum Gasteiger partial charge on any atom is -0.311 e. The second kappa shape index (κ2) is 7.18. The summed E-state index contributed by atoms with van der Waals surface area (Å²) in [5, 5.41) is 8.44. The van der Waals surface area contributed by atoms with Gasteiger partial charge in [0.15, 0.2) is 0 Å². The topological polar surface area (TPSA) is 123 Å². The lowest BCUT2D eigenvalue weighted by Crippen LogP contribution is -2.51. The number of nitrogens with two attached hydrogens (primary N) is 1. The first-order chi connectivity index (χ1) is 10.1. The van der Waals surface area contributed by atoms with Crippen LogP contribution >= 0.6 is 0 Å². The minimum atomic E-state index is -3.48. The van der Waals surface area contributed by atoms with E-state index in [0.717, 1.165) is 16.1 Å². The molecular weight excluding hydrogens is 308 g/mol. The van der Waals surface area contributed by atoms with Crippen LogP contribution in [0.4, 0.5) is 0 Å². The van der Waals surface area contributed by atoms with E-state index in [4.69, 9.17) is 11.3 Å². The molecule has 0 aromatic heterocycles. The monoisotopic (exact) mass is 332 g/mol. The van der Waals surface area contributed by atoms with E-state index >= 15 is 0 Å². The fraction of sp³-hybridized carbons (Fsp3) is 0.667. The molecule has 0 saturated carbocycles. The first-order valence-corrected chi connectivity index (χ1v) is 8.65. The summed E-state index contributed by atoms with van der Waals surface area (Å²) in [7, 11) is -0.507. The molecular formula is C12H24N6O3S. The van der Waals surface area contributed by atoms with Gasteiger partial charge in [0.1, 0.15) is 5.82 Å². The number of hydrogen-bond donors (Lipinski definition) is 3. The Morgan fingerprint density at radius 2 is 2.09 bits per heavy atom. The van der Waals surface area contributed by atoms with Gasteiger partial charge in [0.25, 0.3) is 0 Å². The number of carbonyl (C=O) groups excluding carboxylic acids is 1. The molecule has 0 fully saturated rings. The average Bonchev–Trinajstić information content (AvgIpc) is 2.45. The van der Waals surface area contributed by atoms with Gasteiger partial charge >= 0.3 is 0 Å². The molecule has 0 aromatic carbocycles. The van der Waals surface area contributed by atoms with E-state index in [1.807, 2.05) is 0 Å². The van der Waals surface area contributed by atoms with Crippen molar-refractivity contribution in [3.8, 4) is 0 Å². The van der Waals surface area contributed by atoms with Crippen LogP contribution < -0.4 is 11.3 Å². The molecule has 1 aliphatic heterocycles. The van der Waals surface area contributed by atoms with Gasteiger partial charge in [-0.3, -0.25) is 14.9 Å². The molecule has 22 heavy (non-hydrogen) atoms. The minimum absolute atomic E-state index is 0.133. The van der Waals surface area contributed by atoms with Crippen LogP contribution in [0, 0.1) is 5.41 Å². The van der Waals surface area contributed by atoms with Crippen LogP contribution in [-0.2, 0) is 14.8 Å². The molecule has 1 heterocycles. The van der Waals surface area contributed by atoms with Crippen molar-refractivity contribution in [2.75, 3.05) is 26.9 Å². The number of nitrogens with zero attached hydrogens (tertiary/aromatic N) is 3. The zero-order chi connectivity index (χ0) is 17.1. The number of carbonyl (C=O) groups is 1. The second-order valence-electron chi connectivity index (χ2n) is 5.26. The van der Waals surface area contributed by atoms with Crippen molar-refractivity contribution in [2.45, 2.75) is 25.8 Å². The van der Waals surface area contributed by atoms with Crippen LogP contribution in [0.15, 0.2) is 11.4 Å². The molecule has 10 heteroatoms. The third kappa shape index (κ3) is 4.26. The predicted molar refractivity (Wildman–Crippen MR) is 83.9 cm³/mol. The Balaban J connectivity index is 3.05. The van der Waals surface area contributed by atoms with Gasteiger partial charge in [0.2, 0.25) is 15.9 Å². The average molecular weight is 332 g/mol.